The molecule has 0 radical (unpaired) electrons. The van der Waals surface area contributed by atoms with Gasteiger partial charge < -0.3 is 9.80 Å². The summed E-state index contributed by atoms with van der Waals surface area (Å²) in [4.78, 5) is 4.64. The predicted octanol–water partition coefficient (Wildman–Crippen LogP) is 2.91. The van der Waals surface area contributed by atoms with Crippen LogP contribution in [0.15, 0.2) is 68.8 Å². The summed E-state index contributed by atoms with van der Waals surface area (Å²) in [5.74, 6) is 0. The highest BCUT2D eigenvalue weighted by Gasteiger charge is 2.17. The second-order valence-corrected chi connectivity index (χ2v) is 5.81. The molecule has 0 saturated carbocycles. The first-order chi connectivity index (χ1) is 10.7. The van der Waals surface area contributed by atoms with Crippen LogP contribution >= 0.6 is 0 Å². The Labute approximate surface area is 138 Å². The average Bonchev–Trinajstić information content (AvgIpc) is 2.53. The van der Waals surface area contributed by atoms with Crippen molar-refractivity contribution < 1.29 is 0 Å². The van der Waals surface area contributed by atoms with Crippen molar-refractivity contribution in [3.8, 4) is 0 Å². The smallest absolute Gasteiger partial charge is 0.0639 e. The highest BCUT2D eigenvalue weighted by Crippen LogP contribution is 2.33. The number of para-hydroxylation sites is 1. The molecule has 0 aliphatic carbocycles. The van der Waals surface area contributed by atoms with E-state index in [-0.39, 0.29) is 0 Å². The first-order valence-corrected chi connectivity index (χ1v) is 9.20. The molecule has 0 amide bonds. The van der Waals surface area contributed by atoms with Gasteiger partial charge in [0.1, 0.15) is 0 Å². The maximum atomic E-state index is 3.90. The fraction of sp³-hybridized carbons (Fsp3) is 0.263. The Hall–Kier alpha value is -2.00. The van der Waals surface area contributed by atoms with Crippen molar-refractivity contribution in [1.29, 1.82) is 0 Å². The van der Waals surface area contributed by atoms with E-state index in [0.29, 0.717) is 0 Å². The van der Waals surface area contributed by atoms with Gasteiger partial charge in [-0.05, 0) is 17.7 Å². The van der Waals surface area contributed by atoms with E-state index in [1.807, 2.05) is 24.3 Å². The Kier molecular flexibility index (Phi) is 8.08. The van der Waals surface area contributed by atoms with Crippen LogP contribution in [0.5, 0.6) is 0 Å². The van der Waals surface area contributed by atoms with Gasteiger partial charge in [-0.1, -0.05) is 36.4 Å². The summed E-state index contributed by atoms with van der Waals surface area (Å²) in [7, 11) is 1.14. The number of nitrogens with zero attached hydrogens (tertiary/aromatic N) is 2. The van der Waals surface area contributed by atoms with E-state index < -0.39 is 0 Å². The molecule has 0 saturated heterocycles. The van der Waals surface area contributed by atoms with Gasteiger partial charge in [-0.2, -0.15) is 0 Å². The molecule has 0 spiro atoms. The summed E-state index contributed by atoms with van der Waals surface area (Å²) < 4.78 is 0. The summed E-state index contributed by atoms with van der Waals surface area (Å²) in [5, 5.41) is 0. The third-order valence-electron chi connectivity index (χ3n) is 3.53. The molecule has 0 aliphatic heterocycles. The van der Waals surface area contributed by atoms with Gasteiger partial charge in [0.05, 0.1) is 11.4 Å². The van der Waals surface area contributed by atoms with E-state index in [2.05, 4.69) is 54.3 Å². The summed E-state index contributed by atoms with van der Waals surface area (Å²) in [6, 6.07) is 7.68. The fourth-order valence-corrected chi connectivity index (χ4v) is 3.21. The van der Waals surface area contributed by atoms with Crippen molar-refractivity contribution in [3.05, 3.63) is 74.4 Å². The van der Waals surface area contributed by atoms with Gasteiger partial charge in [-0.3, -0.25) is 0 Å². The Morgan fingerprint density at radius 3 is 1.77 bits per heavy atom. The number of rotatable bonds is 11. The second-order valence-electron chi connectivity index (χ2n) is 5.10. The quantitative estimate of drug-likeness (QED) is 0.458. The standard InChI is InChI=1S/C19H28N2Si/c1-5-12-20(13-6-2)18-11-9-10-17(16-22)19(18)21(14-7-3)15-8-4/h5-11H,1-4,12-16H2,22H3. The van der Waals surface area contributed by atoms with Crippen molar-refractivity contribution in [3.63, 3.8) is 0 Å². The van der Waals surface area contributed by atoms with E-state index in [4.69, 9.17) is 0 Å². The summed E-state index contributed by atoms with van der Waals surface area (Å²) >= 11 is 0. The zero-order chi connectivity index (χ0) is 16.4. The average molecular weight is 313 g/mol. The highest BCUT2D eigenvalue weighted by molar-refractivity contribution is 6.09. The van der Waals surface area contributed by atoms with Crippen molar-refractivity contribution in [1.82, 2.24) is 0 Å². The van der Waals surface area contributed by atoms with Gasteiger partial charge in [0.25, 0.3) is 0 Å². The van der Waals surface area contributed by atoms with Crippen molar-refractivity contribution >= 4 is 21.6 Å². The lowest BCUT2D eigenvalue weighted by Crippen LogP contribution is -2.30. The Balaban J connectivity index is 3.41. The van der Waals surface area contributed by atoms with E-state index in [0.717, 1.165) is 42.5 Å². The Morgan fingerprint density at radius 1 is 0.818 bits per heavy atom. The highest BCUT2D eigenvalue weighted by atomic mass is 28.1. The summed E-state index contributed by atoms with van der Waals surface area (Å²) in [5.41, 5.74) is 3.92. The molecule has 0 heterocycles. The topological polar surface area (TPSA) is 6.48 Å². The molecule has 118 valence electrons. The van der Waals surface area contributed by atoms with Gasteiger partial charge >= 0.3 is 0 Å². The number of anilines is 2. The number of hydrogen-bond acceptors (Lipinski definition) is 2. The van der Waals surface area contributed by atoms with Gasteiger partial charge in [0, 0.05) is 36.4 Å². The fourth-order valence-electron chi connectivity index (χ4n) is 2.64. The molecule has 0 fully saturated rings. The van der Waals surface area contributed by atoms with Crippen LogP contribution in [-0.4, -0.2) is 36.4 Å². The van der Waals surface area contributed by atoms with Crippen LogP contribution in [0, 0.1) is 0 Å². The van der Waals surface area contributed by atoms with Gasteiger partial charge in [0.2, 0.25) is 0 Å². The van der Waals surface area contributed by atoms with Crippen LogP contribution in [0.2, 0.25) is 0 Å². The predicted molar refractivity (Wildman–Crippen MR) is 105 cm³/mol. The molecule has 0 N–H and O–H groups in total. The van der Waals surface area contributed by atoms with Crippen LogP contribution in [0.1, 0.15) is 5.56 Å². The third kappa shape index (κ3) is 4.50. The molecule has 0 unspecified atom stereocenters. The second kappa shape index (κ2) is 9.85. The lowest BCUT2D eigenvalue weighted by molar-refractivity contribution is 0.909. The molecule has 2 nitrogen and oxygen atoms in total. The van der Waals surface area contributed by atoms with E-state index in [1.165, 1.54) is 16.9 Å². The summed E-state index contributed by atoms with van der Waals surface area (Å²) in [6.45, 7) is 18.8. The number of benzene rings is 1. The molecule has 3 heteroatoms. The van der Waals surface area contributed by atoms with Gasteiger partial charge in [0.15, 0.2) is 0 Å². The largest absolute Gasteiger partial charge is 0.362 e. The van der Waals surface area contributed by atoms with Crippen molar-refractivity contribution in [2.75, 3.05) is 36.0 Å². The van der Waals surface area contributed by atoms with E-state index in [9.17, 15) is 0 Å². The lowest BCUT2D eigenvalue weighted by atomic mass is 10.1. The molecule has 1 rings (SSSR count). The molecular weight excluding hydrogens is 284 g/mol. The molecule has 0 bridgehead atoms. The summed E-state index contributed by atoms with van der Waals surface area (Å²) in [6.07, 6.45) is 7.77. The first-order valence-electron chi connectivity index (χ1n) is 7.78. The lowest BCUT2D eigenvalue weighted by Gasteiger charge is -2.32. The minimum Gasteiger partial charge on any atom is -0.362 e. The van der Waals surface area contributed by atoms with Gasteiger partial charge in [-0.15, -0.1) is 26.3 Å². The molecule has 22 heavy (non-hydrogen) atoms. The Bertz CT molecular complexity index is 502. The van der Waals surface area contributed by atoms with Crippen LogP contribution in [-0.2, 0) is 6.04 Å². The first kappa shape index (κ1) is 18.0. The van der Waals surface area contributed by atoms with Crippen LogP contribution in [0.25, 0.3) is 0 Å². The van der Waals surface area contributed by atoms with Crippen molar-refractivity contribution in [2.24, 2.45) is 0 Å². The SMILES string of the molecule is C=CCN(CC=C)c1cccc(C[SiH3])c1N(CC=C)CC=C. The molecule has 0 aromatic heterocycles. The third-order valence-corrected chi connectivity index (χ3v) is 4.30. The minimum absolute atomic E-state index is 0.805. The minimum atomic E-state index is 0.805. The van der Waals surface area contributed by atoms with Crippen LogP contribution in [0.4, 0.5) is 11.4 Å². The maximum Gasteiger partial charge on any atom is 0.0639 e. The van der Waals surface area contributed by atoms with Crippen LogP contribution < -0.4 is 9.80 Å². The molecule has 1 aromatic rings. The van der Waals surface area contributed by atoms with Crippen LogP contribution in [0.3, 0.4) is 0 Å². The normalized spacial score (nSPS) is 10.0. The van der Waals surface area contributed by atoms with E-state index >= 15 is 0 Å². The zero-order valence-electron chi connectivity index (χ0n) is 13.8. The van der Waals surface area contributed by atoms with E-state index in [1.54, 1.807) is 0 Å². The molecule has 1 aromatic carbocycles. The zero-order valence-corrected chi connectivity index (χ0v) is 15.8. The molecule has 0 atom stereocenters. The van der Waals surface area contributed by atoms with Gasteiger partial charge in [-0.25, -0.2) is 0 Å². The van der Waals surface area contributed by atoms with Crippen molar-refractivity contribution in [2.45, 2.75) is 6.04 Å². The monoisotopic (exact) mass is 312 g/mol. The maximum absolute atomic E-state index is 3.90. The molecule has 0 aliphatic rings. The Morgan fingerprint density at radius 2 is 1.32 bits per heavy atom. The number of hydrogen-bond donors (Lipinski definition) is 0. The molecular formula is C19H28N2Si.